The first-order valence-corrected chi connectivity index (χ1v) is 11.8. The lowest BCUT2D eigenvalue weighted by Crippen LogP contribution is -2.52. The van der Waals surface area contributed by atoms with Crippen molar-refractivity contribution in [2.45, 2.75) is 6.92 Å². The van der Waals surface area contributed by atoms with Gasteiger partial charge < -0.3 is 9.80 Å². The van der Waals surface area contributed by atoms with Gasteiger partial charge in [-0.3, -0.25) is 9.10 Å². The van der Waals surface area contributed by atoms with Crippen molar-refractivity contribution in [2.24, 2.45) is 0 Å². The molecule has 0 spiro atoms. The monoisotopic (exact) mass is 455 g/mol. The minimum atomic E-state index is -3.66. The Morgan fingerprint density at radius 3 is 2.34 bits per heavy atom. The number of hydrogen-bond acceptors (Lipinski definition) is 4. The molecule has 1 aliphatic rings. The lowest BCUT2D eigenvalue weighted by atomic mass is 10.1. The number of rotatable bonds is 5. The molecule has 0 radical (unpaired) electrons. The zero-order valence-corrected chi connectivity index (χ0v) is 18.6. The number of carbonyl (C=O) groups excluding carboxylic acids is 1. The number of benzene rings is 2. The van der Waals surface area contributed by atoms with Gasteiger partial charge in [0.05, 0.1) is 17.0 Å². The minimum Gasteiger partial charge on any atom is -0.368 e. The molecule has 0 aromatic heterocycles. The van der Waals surface area contributed by atoms with Gasteiger partial charge in [0.2, 0.25) is 15.9 Å². The fourth-order valence-corrected chi connectivity index (χ4v) is 4.69. The Labute approximate surface area is 181 Å². The second kappa shape index (κ2) is 8.81. The molecule has 0 aliphatic carbocycles. The van der Waals surface area contributed by atoms with E-state index < -0.39 is 10.0 Å². The first kappa shape index (κ1) is 21.7. The molecule has 1 saturated heterocycles. The lowest BCUT2D eigenvalue weighted by molar-refractivity contribution is -0.129. The van der Waals surface area contributed by atoms with E-state index in [1.807, 2.05) is 25.1 Å². The van der Waals surface area contributed by atoms with Crippen molar-refractivity contribution in [2.75, 3.05) is 48.2 Å². The predicted molar refractivity (Wildman–Crippen MR) is 119 cm³/mol. The first-order valence-electron chi connectivity index (χ1n) is 9.18. The summed E-state index contributed by atoms with van der Waals surface area (Å²) in [5.41, 5.74) is 2.48. The van der Waals surface area contributed by atoms with Crippen LogP contribution in [0.25, 0.3) is 0 Å². The van der Waals surface area contributed by atoms with E-state index >= 15 is 0 Å². The zero-order chi connectivity index (χ0) is 21.2. The van der Waals surface area contributed by atoms with Crippen LogP contribution in [0.3, 0.4) is 0 Å². The fraction of sp³-hybridized carbons (Fsp3) is 0.350. The molecule has 9 heteroatoms. The molecule has 1 aliphatic heterocycles. The summed E-state index contributed by atoms with van der Waals surface area (Å²) in [6, 6.07) is 12.4. The molecular weight excluding hydrogens is 433 g/mol. The Kier molecular flexibility index (Phi) is 6.61. The van der Waals surface area contributed by atoms with Crippen molar-refractivity contribution in [1.82, 2.24) is 4.90 Å². The highest BCUT2D eigenvalue weighted by molar-refractivity contribution is 7.92. The van der Waals surface area contributed by atoms with E-state index in [9.17, 15) is 13.2 Å². The van der Waals surface area contributed by atoms with E-state index in [0.717, 1.165) is 21.8 Å². The number of amides is 1. The standard InChI is InChI=1S/C20H23Cl2N3O3S/c1-15-7-8-16(21)13-19(15)23-9-11-24(12-10-23)20(26)14-25(29(2,27)28)18-6-4-3-5-17(18)22/h3-8,13H,9-12,14H2,1-2H3. The Hall–Kier alpha value is -1.96. The van der Waals surface area contributed by atoms with Gasteiger partial charge in [-0.2, -0.15) is 0 Å². The van der Waals surface area contributed by atoms with Crippen molar-refractivity contribution in [1.29, 1.82) is 0 Å². The van der Waals surface area contributed by atoms with Gasteiger partial charge in [-0.05, 0) is 36.8 Å². The summed E-state index contributed by atoms with van der Waals surface area (Å²) in [5.74, 6) is -0.252. The molecular formula is C20H23Cl2N3O3S. The van der Waals surface area contributed by atoms with Gasteiger partial charge in [0.1, 0.15) is 6.54 Å². The third kappa shape index (κ3) is 5.15. The topological polar surface area (TPSA) is 60.9 Å². The van der Waals surface area contributed by atoms with Gasteiger partial charge in [0, 0.05) is 36.9 Å². The molecule has 2 aromatic carbocycles. The van der Waals surface area contributed by atoms with Crippen LogP contribution in [0.2, 0.25) is 10.0 Å². The van der Waals surface area contributed by atoms with Crippen LogP contribution in [0.4, 0.5) is 11.4 Å². The summed E-state index contributed by atoms with van der Waals surface area (Å²) in [6.45, 7) is 4.06. The van der Waals surface area contributed by atoms with E-state index in [-0.39, 0.29) is 17.5 Å². The predicted octanol–water partition coefficient (Wildman–Crippen LogP) is 3.42. The molecule has 2 aromatic rings. The summed E-state index contributed by atoms with van der Waals surface area (Å²) in [4.78, 5) is 16.7. The molecule has 3 rings (SSSR count). The summed E-state index contributed by atoms with van der Waals surface area (Å²) < 4.78 is 25.6. The minimum absolute atomic E-state index is 0.252. The number of nitrogens with zero attached hydrogens (tertiary/aromatic N) is 3. The van der Waals surface area contributed by atoms with Gasteiger partial charge in [0.15, 0.2) is 0 Å². The fourth-order valence-electron chi connectivity index (χ4n) is 3.38. The summed E-state index contributed by atoms with van der Waals surface area (Å²) in [6.07, 6.45) is 1.07. The number of anilines is 2. The maximum absolute atomic E-state index is 12.8. The molecule has 1 fully saturated rings. The lowest BCUT2D eigenvalue weighted by Gasteiger charge is -2.37. The van der Waals surface area contributed by atoms with E-state index in [4.69, 9.17) is 23.2 Å². The van der Waals surface area contributed by atoms with Crippen molar-refractivity contribution < 1.29 is 13.2 Å². The number of sulfonamides is 1. The third-order valence-electron chi connectivity index (χ3n) is 4.94. The van der Waals surface area contributed by atoms with Crippen molar-refractivity contribution >= 4 is 50.5 Å². The highest BCUT2D eigenvalue weighted by atomic mass is 35.5. The molecule has 1 amide bonds. The number of carbonyl (C=O) groups is 1. The maximum atomic E-state index is 12.8. The third-order valence-corrected chi connectivity index (χ3v) is 6.63. The van der Waals surface area contributed by atoms with Gasteiger partial charge in [-0.1, -0.05) is 41.4 Å². The van der Waals surface area contributed by atoms with Crippen LogP contribution in [-0.2, 0) is 14.8 Å². The van der Waals surface area contributed by atoms with E-state index in [0.29, 0.717) is 36.9 Å². The Bertz CT molecular complexity index is 1010. The smallest absolute Gasteiger partial charge is 0.243 e. The molecule has 0 atom stereocenters. The molecule has 0 saturated carbocycles. The molecule has 1 heterocycles. The zero-order valence-electron chi connectivity index (χ0n) is 16.3. The Morgan fingerprint density at radius 1 is 1.07 bits per heavy atom. The first-order chi connectivity index (χ1) is 13.7. The van der Waals surface area contributed by atoms with Crippen molar-refractivity contribution in [3.63, 3.8) is 0 Å². The summed E-state index contributed by atoms with van der Waals surface area (Å²) >= 11 is 12.3. The van der Waals surface area contributed by atoms with Gasteiger partial charge in [0.25, 0.3) is 0 Å². The molecule has 29 heavy (non-hydrogen) atoms. The quantitative estimate of drug-likeness (QED) is 0.692. The summed E-state index contributed by atoms with van der Waals surface area (Å²) in [7, 11) is -3.66. The molecule has 6 nitrogen and oxygen atoms in total. The van der Waals surface area contributed by atoms with Gasteiger partial charge in [-0.15, -0.1) is 0 Å². The number of piperazine rings is 1. The number of para-hydroxylation sites is 1. The van der Waals surface area contributed by atoms with Crippen molar-refractivity contribution in [3.8, 4) is 0 Å². The maximum Gasteiger partial charge on any atom is 0.243 e. The van der Waals surface area contributed by atoms with Crippen LogP contribution in [0.15, 0.2) is 42.5 Å². The Morgan fingerprint density at radius 2 is 1.72 bits per heavy atom. The number of halogens is 2. The van der Waals surface area contributed by atoms with Crippen LogP contribution in [0, 0.1) is 6.92 Å². The van der Waals surface area contributed by atoms with E-state index in [1.165, 1.54) is 0 Å². The van der Waals surface area contributed by atoms with Crippen LogP contribution >= 0.6 is 23.2 Å². The van der Waals surface area contributed by atoms with E-state index in [1.54, 1.807) is 29.2 Å². The summed E-state index contributed by atoms with van der Waals surface area (Å²) in [5, 5.41) is 0.958. The van der Waals surface area contributed by atoms with Crippen molar-refractivity contribution in [3.05, 3.63) is 58.1 Å². The average molecular weight is 456 g/mol. The van der Waals surface area contributed by atoms with Crippen LogP contribution < -0.4 is 9.21 Å². The van der Waals surface area contributed by atoms with Crippen LogP contribution in [0.1, 0.15) is 5.56 Å². The van der Waals surface area contributed by atoms with Crippen LogP contribution in [-0.4, -0.2) is 58.2 Å². The highest BCUT2D eigenvalue weighted by Gasteiger charge is 2.28. The number of aryl methyl sites for hydroxylation is 1. The van der Waals surface area contributed by atoms with Gasteiger partial charge in [-0.25, -0.2) is 8.42 Å². The average Bonchev–Trinajstić information content (AvgIpc) is 2.68. The SMILES string of the molecule is Cc1ccc(Cl)cc1N1CCN(C(=O)CN(c2ccccc2Cl)S(C)(=O)=O)CC1. The normalized spacial score (nSPS) is 14.8. The molecule has 0 N–H and O–H groups in total. The highest BCUT2D eigenvalue weighted by Crippen LogP contribution is 2.28. The molecule has 0 bridgehead atoms. The van der Waals surface area contributed by atoms with Crippen LogP contribution in [0.5, 0.6) is 0 Å². The van der Waals surface area contributed by atoms with Gasteiger partial charge >= 0.3 is 0 Å². The second-order valence-electron chi connectivity index (χ2n) is 7.02. The Balaban J connectivity index is 1.70. The number of hydrogen-bond donors (Lipinski definition) is 0. The molecule has 156 valence electrons. The largest absolute Gasteiger partial charge is 0.368 e. The molecule has 0 unspecified atom stereocenters. The van der Waals surface area contributed by atoms with E-state index in [2.05, 4.69) is 4.90 Å². The second-order valence-corrected chi connectivity index (χ2v) is 9.77.